The van der Waals surface area contributed by atoms with E-state index in [-0.39, 0.29) is 0 Å². The standard InChI is InChI=1S/C66H110N4O3/c1-4-7-10-13-16-19-22-25-28-31-34-37-40-43-52-71-63-55-58(66-69-61(59-48-46-50-67-59)57-62(70-66)60-49-47-51-68-60)56-64(72-53-44-41-38-35-32-29-26-23-20-17-14-11-8-5-2)65(63)73-54-45-42-39-36-33-30-27-24-21-18-15-12-9-6-3/h46-51,55-57,67-68H,4-45,52-54H2,1-3H3. The second-order valence-corrected chi connectivity index (χ2v) is 21.8. The molecular weight excluding hydrogens is 897 g/mol. The lowest BCUT2D eigenvalue weighted by Gasteiger charge is -2.19. The fourth-order valence-corrected chi connectivity index (χ4v) is 10.3. The Hall–Kier alpha value is -3.74. The first kappa shape index (κ1) is 61.8. The van der Waals surface area contributed by atoms with Gasteiger partial charge in [0.2, 0.25) is 5.75 Å². The van der Waals surface area contributed by atoms with Crippen LogP contribution in [0.25, 0.3) is 34.2 Å². The molecule has 1 aromatic carbocycles. The van der Waals surface area contributed by atoms with Gasteiger partial charge in [0, 0.05) is 18.0 Å². The number of H-pyrrole nitrogens is 2. The van der Waals surface area contributed by atoms with Crippen LogP contribution in [-0.4, -0.2) is 39.8 Å². The number of hydrogen-bond donors (Lipinski definition) is 2. The summed E-state index contributed by atoms with van der Waals surface area (Å²) in [7, 11) is 0. The van der Waals surface area contributed by atoms with Gasteiger partial charge in [-0.15, -0.1) is 0 Å². The first-order valence-corrected chi connectivity index (χ1v) is 31.5. The second kappa shape index (κ2) is 43.5. The molecule has 0 bridgehead atoms. The van der Waals surface area contributed by atoms with Crippen molar-refractivity contribution in [2.75, 3.05) is 19.8 Å². The van der Waals surface area contributed by atoms with E-state index in [1.165, 1.54) is 250 Å². The van der Waals surface area contributed by atoms with Crippen molar-refractivity contribution in [3.8, 4) is 51.4 Å². The molecule has 3 aromatic heterocycles. The highest BCUT2D eigenvalue weighted by atomic mass is 16.5. The first-order valence-electron chi connectivity index (χ1n) is 31.5. The smallest absolute Gasteiger partial charge is 0.203 e. The molecule has 412 valence electrons. The molecule has 0 spiro atoms. The number of nitrogens with zero attached hydrogens (tertiary/aromatic N) is 2. The molecule has 0 fully saturated rings. The topological polar surface area (TPSA) is 85.1 Å². The predicted molar refractivity (Wildman–Crippen MR) is 314 cm³/mol. The van der Waals surface area contributed by atoms with Crippen LogP contribution in [0.5, 0.6) is 17.2 Å². The number of hydrogen-bond acceptors (Lipinski definition) is 5. The summed E-state index contributed by atoms with van der Waals surface area (Å²) in [4.78, 5) is 17.1. The minimum atomic E-state index is 0.637. The average Bonchev–Trinajstić information content (AvgIpc) is 4.17. The van der Waals surface area contributed by atoms with E-state index in [9.17, 15) is 0 Å². The number of aromatic amines is 2. The Labute approximate surface area is 448 Å². The molecule has 0 aliphatic carbocycles. The lowest BCUT2D eigenvalue weighted by molar-refractivity contribution is 0.234. The molecule has 0 radical (unpaired) electrons. The fourth-order valence-electron chi connectivity index (χ4n) is 10.3. The summed E-state index contributed by atoms with van der Waals surface area (Å²) in [5, 5.41) is 0. The molecule has 4 aromatic rings. The van der Waals surface area contributed by atoms with Gasteiger partial charge in [-0.1, -0.05) is 271 Å². The van der Waals surface area contributed by atoms with Crippen LogP contribution in [0.15, 0.2) is 54.9 Å². The summed E-state index contributed by atoms with van der Waals surface area (Å²) in [5.41, 5.74) is 4.46. The van der Waals surface area contributed by atoms with Crippen LogP contribution in [0, 0.1) is 0 Å². The van der Waals surface area contributed by atoms with Gasteiger partial charge in [-0.05, 0) is 61.7 Å². The van der Waals surface area contributed by atoms with Gasteiger partial charge in [0.25, 0.3) is 0 Å². The van der Waals surface area contributed by atoms with Crippen LogP contribution < -0.4 is 14.2 Å². The van der Waals surface area contributed by atoms with Crippen molar-refractivity contribution in [3.63, 3.8) is 0 Å². The van der Waals surface area contributed by atoms with Gasteiger partial charge in [-0.25, -0.2) is 9.97 Å². The van der Waals surface area contributed by atoms with Crippen molar-refractivity contribution < 1.29 is 14.2 Å². The van der Waals surface area contributed by atoms with Gasteiger partial charge in [0.05, 0.1) is 42.6 Å². The van der Waals surface area contributed by atoms with E-state index in [1.54, 1.807) is 0 Å². The molecular formula is C66H110N4O3. The molecule has 73 heavy (non-hydrogen) atoms. The van der Waals surface area contributed by atoms with E-state index in [2.05, 4.69) is 61.1 Å². The zero-order valence-electron chi connectivity index (χ0n) is 47.6. The van der Waals surface area contributed by atoms with Crippen LogP contribution >= 0.6 is 0 Å². The molecule has 4 rings (SSSR count). The third-order valence-electron chi connectivity index (χ3n) is 15.0. The van der Waals surface area contributed by atoms with Gasteiger partial charge < -0.3 is 24.2 Å². The Morgan fingerprint density at radius 1 is 0.329 bits per heavy atom. The quantitative estimate of drug-likeness (QED) is 0.0431. The summed E-state index contributed by atoms with van der Waals surface area (Å²) >= 11 is 0. The van der Waals surface area contributed by atoms with Crippen molar-refractivity contribution in [1.82, 2.24) is 19.9 Å². The molecule has 0 unspecified atom stereocenters. The van der Waals surface area contributed by atoms with Crippen molar-refractivity contribution in [2.45, 2.75) is 290 Å². The number of rotatable bonds is 51. The Morgan fingerprint density at radius 3 is 0.877 bits per heavy atom. The number of aromatic nitrogens is 4. The maximum Gasteiger partial charge on any atom is 0.203 e. The molecule has 7 nitrogen and oxygen atoms in total. The number of unbranched alkanes of at least 4 members (excludes halogenated alkanes) is 39. The molecule has 7 heteroatoms. The maximum absolute atomic E-state index is 6.78. The highest BCUT2D eigenvalue weighted by molar-refractivity contribution is 5.72. The van der Waals surface area contributed by atoms with Crippen LogP contribution in [0.1, 0.15) is 290 Å². The van der Waals surface area contributed by atoms with Crippen LogP contribution in [-0.2, 0) is 0 Å². The minimum Gasteiger partial charge on any atom is -0.490 e. The molecule has 0 saturated carbocycles. The number of benzene rings is 1. The molecule has 0 aliphatic heterocycles. The summed E-state index contributed by atoms with van der Waals surface area (Å²) < 4.78 is 20.3. The van der Waals surface area contributed by atoms with Crippen molar-refractivity contribution in [1.29, 1.82) is 0 Å². The van der Waals surface area contributed by atoms with Gasteiger partial charge in [-0.3, -0.25) is 0 Å². The number of ether oxygens (including phenoxy) is 3. The van der Waals surface area contributed by atoms with E-state index in [1.807, 2.05) is 24.5 Å². The normalized spacial score (nSPS) is 11.5. The summed E-state index contributed by atoms with van der Waals surface area (Å²) in [6.07, 6.45) is 60.0. The van der Waals surface area contributed by atoms with Crippen molar-refractivity contribution in [3.05, 3.63) is 54.9 Å². The van der Waals surface area contributed by atoms with E-state index in [0.29, 0.717) is 25.6 Å². The van der Waals surface area contributed by atoms with Gasteiger partial charge in [0.15, 0.2) is 17.3 Å². The zero-order chi connectivity index (χ0) is 51.3. The predicted octanol–water partition coefficient (Wildman–Crippen LogP) is 21.7. The Kier molecular flexibility index (Phi) is 36.8. The number of nitrogens with one attached hydrogen (secondary N) is 2. The molecule has 0 saturated heterocycles. The highest BCUT2D eigenvalue weighted by Crippen LogP contribution is 2.42. The van der Waals surface area contributed by atoms with Gasteiger partial charge >= 0.3 is 0 Å². The van der Waals surface area contributed by atoms with E-state index in [0.717, 1.165) is 64.9 Å². The molecule has 0 aliphatic rings. The van der Waals surface area contributed by atoms with Crippen molar-refractivity contribution >= 4 is 0 Å². The van der Waals surface area contributed by atoms with Crippen molar-refractivity contribution in [2.24, 2.45) is 0 Å². The summed E-state index contributed by atoms with van der Waals surface area (Å²) in [6.45, 7) is 8.84. The lowest BCUT2D eigenvalue weighted by atomic mass is 10.0. The SMILES string of the molecule is CCCCCCCCCCCCCCCCOc1cc(-c2nc(-c3ccc[nH]3)cc(-c3ccc[nH]3)n2)cc(OCCCCCCCCCCCCCCCC)c1OCCCCCCCCCCCCCCCC. The molecule has 0 atom stereocenters. The zero-order valence-corrected chi connectivity index (χ0v) is 47.6. The Morgan fingerprint density at radius 2 is 0.603 bits per heavy atom. The fraction of sp³-hybridized carbons (Fsp3) is 0.727. The Bertz CT molecular complexity index is 1720. The molecule has 2 N–H and O–H groups in total. The monoisotopic (exact) mass is 1010 g/mol. The second-order valence-electron chi connectivity index (χ2n) is 21.8. The van der Waals surface area contributed by atoms with Gasteiger partial charge in [0.1, 0.15) is 0 Å². The van der Waals surface area contributed by atoms with E-state index < -0.39 is 0 Å². The van der Waals surface area contributed by atoms with E-state index in [4.69, 9.17) is 24.2 Å². The van der Waals surface area contributed by atoms with Gasteiger partial charge in [-0.2, -0.15) is 0 Å². The third kappa shape index (κ3) is 29.2. The first-order chi connectivity index (χ1) is 36.2. The van der Waals surface area contributed by atoms with Crippen LogP contribution in [0.4, 0.5) is 0 Å². The third-order valence-corrected chi connectivity index (χ3v) is 15.0. The van der Waals surface area contributed by atoms with Crippen LogP contribution in [0.3, 0.4) is 0 Å². The molecule has 0 amide bonds. The maximum atomic E-state index is 6.78. The van der Waals surface area contributed by atoms with E-state index >= 15 is 0 Å². The molecule has 3 heterocycles. The van der Waals surface area contributed by atoms with Crippen LogP contribution in [0.2, 0.25) is 0 Å². The largest absolute Gasteiger partial charge is 0.490 e. The summed E-state index contributed by atoms with van der Waals surface area (Å²) in [5.74, 6) is 2.85. The minimum absolute atomic E-state index is 0.637. The Balaban J connectivity index is 1.38. The summed E-state index contributed by atoms with van der Waals surface area (Å²) in [6, 6.07) is 14.4. The lowest BCUT2D eigenvalue weighted by Crippen LogP contribution is -2.07. The highest BCUT2D eigenvalue weighted by Gasteiger charge is 2.20. The average molecular weight is 1010 g/mol.